The lowest BCUT2D eigenvalue weighted by Gasteiger charge is -2.32. The third-order valence-electron chi connectivity index (χ3n) is 6.12. The number of hydrogen-bond donors (Lipinski definition) is 4. The standard InChI is InChI=1S/C16H28N6O7S/c23-15(14-2-1-12-9-21(14)16(24)22(12)29-30(25,26)27)19-28-10-11-7-13(8-18-11)20-5-3-17-4-6-20/h11-14,17-18H,1-10H2,(H,19,23)(H,25,26,27)/t11-,12-,13+,14+/m1/s1. The van der Waals surface area contributed by atoms with E-state index < -0.39 is 34.4 Å². The lowest BCUT2D eigenvalue weighted by molar-refractivity contribution is -0.139. The number of nitrogens with zero attached hydrogens (tertiary/aromatic N) is 3. The number of fused-ring (bicyclic) bond motifs is 2. The molecule has 4 N–H and O–H groups in total. The number of carbonyl (C=O) groups excluding carboxylic acids is 2. The third kappa shape index (κ3) is 4.85. The molecule has 3 amide bonds. The largest absolute Gasteiger partial charge is 0.418 e. The number of piperazine rings is 1. The van der Waals surface area contributed by atoms with Crippen LogP contribution in [0.15, 0.2) is 0 Å². The van der Waals surface area contributed by atoms with Crippen molar-refractivity contribution in [1.82, 2.24) is 31.0 Å². The Morgan fingerprint density at radius 1 is 1.23 bits per heavy atom. The molecule has 4 rings (SSSR count). The SMILES string of the molecule is O=C(NOC[C@H]1C[C@H](N2CCNCC2)CN1)[C@@H]1CC[C@@H]2CN1C(=O)N2OS(=O)(=O)O. The second-order valence-corrected chi connectivity index (χ2v) is 9.07. The van der Waals surface area contributed by atoms with Crippen molar-refractivity contribution in [3.8, 4) is 0 Å². The van der Waals surface area contributed by atoms with Crippen molar-refractivity contribution >= 4 is 22.3 Å². The van der Waals surface area contributed by atoms with Crippen LogP contribution in [0.4, 0.5) is 4.79 Å². The summed E-state index contributed by atoms with van der Waals surface area (Å²) in [5.74, 6) is -0.466. The predicted octanol–water partition coefficient (Wildman–Crippen LogP) is -2.33. The molecule has 4 aliphatic heterocycles. The Bertz CT molecular complexity index is 761. The van der Waals surface area contributed by atoms with Gasteiger partial charge in [-0.3, -0.25) is 19.1 Å². The van der Waals surface area contributed by atoms with Crippen molar-refractivity contribution in [2.24, 2.45) is 0 Å². The highest BCUT2D eigenvalue weighted by molar-refractivity contribution is 7.80. The number of hydrogen-bond acceptors (Lipinski definition) is 9. The van der Waals surface area contributed by atoms with E-state index in [0.717, 1.165) is 39.1 Å². The highest BCUT2D eigenvalue weighted by Gasteiger charge is 2.49. The Balaban J connectivity index is 1.22. The number of nitrogens with one attached hydrogen (secondary N) is 3. The van der Waals surface area contributed by atoms with E-state index in [4.69, 9.17) is 9.39 Å². The molecule has 0 saturated carbocycles. The second kappa shape index (κ2) is 8.90. The van der Waals surface area contributed by atoms with Gasteiger partial charge >= 0.3 is 16.4 Å². The number of rotatable bonds is 7. The van der Waals surface area contributed by atoms with Gasteiger partial charge in [0.05, 0.1) is 12.6 Å². The van der Waals surface area contributed by atoms with Gasteiger partial charge in [0.25, 0.3) is 5.91 Å². The minimum absolute atomic E-state index is 0.132. The van der Waals surface area contributed by atoms with E-state index in [0.29, 0.717) is 30.6 Å². The average Bonchev–Trinajstić information content (AvgIpc) is 3.27. The van der Waals surface area contributed by atoms with Crippen molar-refractivity contribution in [1.29, 1.82) is 0 Å². The fourth-order valence-corrected chi connectivity index (χ4v) is 5.02. The topological polar surface area (TPSA) is 153 Å². The first-order chi connectivity index (χ1) is 14.3. The molecule has 4 aliphatic rings. The first-order valence-electron chi connectivity index (χ1n) is 10.2. The van der Waals surface area contributed by atoms with Crippen molar-refractivity contribution in [3.05, 3.63) is 0 Å². The summed E-state index contributed by atoms with van der Waals surface area (Å²) in [5.41, 5.74) is 2.42. The monoisotopic (exact) mass is 448 g/mol. The van der Waals surface area contributed by atoms with Crippen molar-refractivity contribution < 1.29 is 31.7 Å². The Kier molecular flexibility index (Phi) is 6.43. The van der Waals surface area contributed by atoms with Crippen LogP contribution in [0.3, 0.4) is 0 Å². The van der Waals surface area contributed by atoms with E-state index in [2.05, 4.69) is 25.3 Å². The zero-order valence-electron chi connectivity index (χ0n) is 16.5. The lowest BCUT2D eigenvalue weighted by Crippen LogP contribution is -2.50. The normalized spacial score (nSPS) is 32.6. The molecule has 4 heterocycles. The number of carbonyl (C=O) groups is 2. The summed E-state index contributed by atoms with van der Waals surface area (Å²) in [4.78, 5) is 34.0. The highest BCUT2D eigenvalue weighted by Crippen LogP contribution is 2.30. The van der Waals surface area contributed by atoms with Crippen LogP contribution in [0.25, 0.3) is 0 Å². The van der Waals surface area contributed by atoms with Crippen LogP contribution in [0.2, 0.25) is 0 Å². The molecule has 4 atom stereocenters. The smallest absolute Gasteiger partial charge is 0.314 e. The van der Waals surface area contributed by atoms with E-state index in [1.54, 1.807) is 0 Å². The van der Waals surface area contributed by atoms with Gasteiger partial charge in [0.15, 0.2) is 0 Å². The van der Waals surface area contributed by atoms with E-state index in [1.807, 2.05) is 0 Å². The minimum Gasteiger partial charge on any atom is -0.314 e. The number of piperidine rings is 1. The predicted molar refractivity (Wildman–Crippen MR) is 102 cm³/mol. The Morgan fingerprint density at radius 3 is 2.73 bits per heavy atom. The lowest BCUT2D eigenvalue weighted by atomic mass is 10.0. The van der Waals surface area contributed by atoms with Crippen molar-refractivity contribution in [2.45, 2.75) is 43.4 Å². The summed E-state index contributed by atoms with van der Waals surface area (Å²) >= 11 is 0. The van der Waals surface area contributed by atoms with Crippen LogP contribution in [0, 0.1) is 0 Å². The molecule has 30 heavy (non-hydrogen) atoms. The van der Waals surface area contributed by atoms with Gasteiger partial charge in [-0.2, -0.15) is 13.5 Å². The van der Waals surface area contributed by atoms with Crippen LogP contribution in [0.1, 0.15) is 19.3 Å². The summed E-state index contributed by atoms with van der Waals surface area (Å²) in [6.07, 6.45) is 1.64. The Hall–Kier alpha value is -1.55. The van der Waals surface area contributed by atoms with Gasteiger partial charge in [-0.25, -0.2) is 10.3 Å². The maximum atomic E-state index is 12.5. The van der Waals surface area contributed by atoms with Crippen molar-refractivity contribution in [3.63, 3.8) is 0 Å². The zero-order chi connectivity index (χ0) is 21.3. The van der Waals surface area contributed by atoms with Gasteiger partial charge in [-0.1, -0.05) is 0 Å². The van der Waals surface area contributed by atoms with E-state index in [9.17, 15) is 18.0 Å². The summed E-state index contributed by atoms with van der Waals surface area (Å²) in [6.45, 7) is 5.40. The number of amides is 3. The summed E-state index contributed by atoms with van der Waals surface area (Å²) in [6, 6.07) is -1.50. The number of hydroxylamine groups is 3. The van der Waals surface area contributed by atoms with Crippen LogP contribution in [-0.2, 0) is 24.3 Å². The summed E-state index contributed by atoms with van der Waals surface area (Å²) in [5, 5.41) is 7.37. The molecule has 13 nitrogen and oxygen atoms in total. The summed E-state index contributed by atoms with van der Waals surface area (Å²) in [7, 11) is -4.81. The maximum Gasteiger partial charge on any atom is 0.418 e. The molecule has 0 spiro atoms. The van der Waals surface area contributed by atoms with E-state index in [1.165, 1.54) is 4.90 Å². The molecular formula is C16H28N6O7S. The minimum atomic E-state index is -4.81. The fraction of sp³-hybridized carbons (Fsp3) is 0.875. The van der Waals surface area contributed by atoms with E-state index >= 15 is 0 Å². The van der Waals surface area contributed by atoms with Crippen LogP contribution < -0.4 is 16.1 Å². The Labute approximate surface area is 174 Å². The summed E-state index contributed by atoms with van der Waals surface area (Å²) < 4.78 is 35.1. The van der Waals surface area contributed by atoms with Crippen LogP contribution in [-0.4, -0.2) is 110 Å². The van der Waals surface area contributed by atoms with Gasteiger partial charge in [0.2, 0.25) is 0 Å². The van der Waals surface area contributed by atoms with Crippen molar-refractivity contribution in [2.75, 3.05) is 45.9 Å². The van der Waals surface area contributed by atoms with Gasteiger partial charge in [-0.05, 0) is 19.3 Å². The van der Waals surface area contributed by atoms with Crippen LogP contribution >= 0.6 is 0 Å². The Morgan fingerprint density at radius 2 is 2.00 bits per heavy atom. The molecule has 4 saturated heterocycles. The van der Waals surface area contributed by atoms with Gasteiger partial charge in [0, 0.05) is 51.4 Å². The second-order valence-electron chi connectivity index (χ2n) is 8.07. The first kappa shape index (κ1) is 21.7. The van der Waals surface area contributed by atoms with E-state index in [-0.39, 0.29) is 12.6 Å². The molecule has 0 unspecified atom stereocenters. The average molecular weight is 449 g/mol. The molecular weight excluding hydrogens is 420 g/mol. The molecule has 4 fully saturated rings. The molecule has 2 bridgehead atoms. The first-order valence-corrected chi connectivity index (χ1v) is 11.5. The maximum absolute atomic E-state index is 12.5. The molecule has 14 heteroatoms. The quantitative estimate of drug-likeness (QED) is 0.246. The van der Waals surface area contributed by atoms with Gasteiger partial charge in [0.1, 0.15) is 6.04 Å². The van der Waals surface area contributed by atoms with Gasteiger partial charge in [-0.15, -0.1) is 4.28 Å². The molecule has 0 radical (unpaired) electrons. The number of urea groups is 1. The van der Waals surface area contributed by atoms with Gasteiger partial charge < -0.3 is 15.5 Å². The third-order valence-corrected chi connectivity index (χ3v) is 6.47. The highest BCUT2D eigenvalue weighted by atomic mass is 32.3. The fourth-order valence-electron chi connectivity index (χ4n) is 4.64. The molecule has 0 aliphatic carbocycles. The molecule has 0 aromatic heterocycles. The zero-order valence-corrected chi connectivity index (χ0v) is 17.3. The molecule has 0 aromatic carbocycles. The molecule has 170 valence electrons. The van der Waals surface area contributed by atoms with Crippen LogP contribution in [0.5, 0.6) is 0 Å². The molecule has 0 aromatic rings.